The van der Waals surface area contributed by atoms with Crippen LogP contribution in [0.15, 0.2) is 42.5 Å². The summed E-state index contributed by atoms with van der Waals surface area (Å²) in [6, 6.07) is 10.3. The Labute approximate surface area is 163 Å². The lowest BCUT2D eigenvalue weighted by Crippen LogP contribution is -2.35. The Morgan fingerprint density at radius 1 is 1.14 bits per heavy atom. The quantitative estimate of drug-likeness (QED) is 0.687. The Bertz CT molecular complexity index is 839. The molecule has 0 aromatic heterocycles. The van der Waals surface area contributed by atoms with Crippen LogP contribution in [0.25, 0.3) is 0 Å². The van der Waals surface area contributed by atoms with Gasteiger partial charge in [-0.3, -0.25) is 9.59 Å². The highest BCUT2D eigenvalue weighted by Crippen LogP contribution is 2.31. The van der Waals surface area contributed by atoms with Gasteiger partial charge in [-0.05, 0) is 36.2 Å². The number of ether oxygens (including phenoxy) is 2. The van der Waals surface area contributed by atoms with E-state index >= 15 is 0 Å². The third-order valence-electron chi connectivity index (χ3n) is 4.39. The molecule has 2 unspecified atom stereocenters. The van der Waals surface area contributed by atoms with Crippen molar-refractivity contribution in [3.63, 3.8) is 0 Å². The van der Waals surface area contributed by atoms with Gasteiger partial charge in [0.1, 0.15) is 17.3 Å². The lowest BCUT2D eigenvalue weighted by atomic mass is 9.97. The van der Waals surface area contributed by atoms with E-state index in [-0.39, 0.29) is 18.1 Å². The van der Waals surface area contributed by atoms with Gasteiger partial charge in [0.2, 0.25) is 5.91 Å². The Morgan fingerprint density at radius 2 is 1.89 bits per heavy atom. The van der Waals surface area contributed by atoms with Crippen molar-refractivity contribution in [2.45, 2.75) is 25.8 Å². The summed E-state index contributed by atoms with van der Waals surface area (Å²) in [5.41, 5.74) is 1.23. The molecule has 0 spiro atoms. The van der Waals surface area contributed by atoms with Gasteiger partial charge in [-0.2, -0.15) is 0 Å². The number of carboxylic acids is 1. The van der Waals surface area contributed by atoms with Crippen LogP contribution in [-0.4, -0.2) is 31.2 Å². The van der Waals surface area contributed by atoms with Gasteiger partial charge in [-0.15, -0.1) is 0 Å². The van der Waals surface area contributed by atoms with E-state index in [2.05, 4.69) is 5.32 Å². The summed E-state index contributed by atoms with van der Waals surface area (Å²) in [4.78, 5) is 24.0. The van der Waals surface area contributed by atoms with Gasteiger partial charge in [0.25, 0.3) is 0 Å². The Hall–Kier alpha value is -3.09. The molecule has 0 bridgehead atoms. The number of nitrogens with one attached hydrogen (secondary N) is 1. The third-order valence-corrected chi connectivity index (χ3v) is 4.39. The molecule has 2 aromatic rings. The van der Waals surface area contributed by atoms with Crippen LogP contribution in [0.5, 0.6) is 11.5 Å². The molecular weight excluding hydrogens is 365 g/mol. The molecule has 6 nitrogen and oxygen atoms in total. The smallest absolute Gasteiger partial charge is 0.305 e. The number of hydrogen-bond donors (Lipinski definition) is 2. The van der Waals surface area contributed by atoms with Crippen LogP contribution in [-0.2, 0) is 16.0 Å². The number of methoxy groups -OCH3 is 2. The number of hydrogen-bond acceptors (Lipinski definition) is 4. The molecule has 28 heavy (non-hydrogen) atoms. The highest BCUT2D eigenvalue weighted by atomic mass is 19.1. The number of amides is 1. The molecule has 0 aliphatic heterocycles. The number of carbonyl (C=O) groups is 2. The second-order valence-electron chi connectivity index (χ2n) is 6.50. The maximum absolute atomic E-state index is 13.3. The van der Waals surface area contributed by atoms with Crippen molar-refractivity contribution < 1.29 is 28.6 Å². The molecule has 0 radical (unpaired) electrons. The number of carbonyl (C=O) groups excluding carboxylic acids is 1. The minimum absolute atomic E-state index is 0.304. The minimum atomic E-state index is -1.05. The monoisotopic (exact) mass is 389 g/mol. The lowest BCUT2D eigenvalue weighted by molar-refractivity contribution is -0.137. The molecule has 0 aliphatic rings. The number of carboxylic acid groups (broad SMARTS) is 1. The molecule has 1 amide bonds. The molecular formula is C21H24FNO5. The van der Waals surface area contributed by atoms with Crippen LogP contribution in [0.4, 0.5) is 4.39 Å². The van der Waals surface area contributed by atoms with Crippen molar-refractivity contribution in [2.24, 2.45) is 5.92 Å². The summed E-state index contributed by atoms with van der Waals surface area (Å²) in [6.07, 6.45) is 0.0320. The average molecular weight is 389 g/mol. The van der Waals surface area contributed by atoms with Gasteiger partial charge >= 0.3 is 5.97 Å². The molecule has 0 saturated heterocycles. The second-order valence-corrected chi connectivity index (χ2v) is 6.50. The normalized spacial score (nSPS) is 12.7. The van der Waals surface area contributed by atoms with Crippen LogP contribution in [0.3, 0.4) is 0 Å². The van der Waals surface area contributed by atoms with Gasteiger partial charge in [0, 0.05) is 17.5 Å². The van der Waals surface area contributed by atoms with E-state index < -0.39 is 17.9 Å². The lowest BCUT2D eigenvalue weighted by Gasteiger charge is -2.22. The van der Waals surface area contributed by atoms with Crippen molar-refractivity contribution in [1.82, 2.24) is 5.32 Å². The molecule has 2 atom stereocenters. The van der Waals surface area contributed by atoms with Gasteiger partial charge in [0.05, 0.1) is 26.7 Å². The fourth-order valence-electron chi connectivity index (χ4n) is 2.94. The highest BCUT2D eigenvalue weighted by molar-refractivity contribution is 5.80. The van der Waals surface area contributed by atoms with Crippen molar-refractivity contribution >= 4 is 11.9 Å². The molecule has 0 aliphatic carbocycles. The molecule has 2 N–H and O–H groups in total. The van der Waals surface area contributed by atoms with Gasteiger partial charge in [0.15, 0.2) is 0 Å². The van der Waals surface area contributed by atoms with Crippen molar-refractivity contribution in [2.75, 3.05) is 14.2 Å². The Morgan fingerprint density at radius 3 is 2.50 bits per heavy atom. The molecule has 0 heterocycles. The predicted octanol–water partition coefficient (Wildman–Crippen LogP) is 3.35. The van der Waals surface area contributed by atoms with E-state index in [4.69, 9.17) is 9.47 Å². The maximum Gasteiger partial charge on any atom is 0.305 e. The predicted molar refractivity (Wildman–Crippen MR) is 102 cm³/mol. The molecule has 150 valence electrons. The van der Waals surface area contributed by atoms with Crippen LogP contribution in [0.2, 0.25) is 0 Å². The van der Waals surface area contributed by atoms with E-state index in [9.17, 15) is 19.1 Å². The summed E-state index contributed by atoms with van der Waals surface area (Å²) in [6.45, 7) is 1.71. The minimum Gasteiger partial charge on any atom is -0.497 e. The van der Waals surface area contributed by atoms with E-state index in [0.717, 1.165) is 0 Å². The fourth-order valence-corrected chi connectivity index (χ4v) is 2.94. The first-order chi connectivity index (χ1) is 13.3. The molecule has 2 aromatic carbocycles. The zero-order chi connectivity index (χ0) is 20.7. The van der Waals surface area contributed by atoms with Crippen LogP contribution >= 0.6 is 0 Å². The van der Waals surface area contributed by atoms with Crippen molar-refractivity contribution in [3.05, 3.63) is 59.4 Å². The summed E-state index contributed by atoms with van der Waals surface area (Å²) < 4.78 is 23.8. The zero-order valence-electron chi connectivity index (χ0n) is 16.1. The maximum atomic E-state index is 13.3. The van der Waals surface area contributed by atoms with Gasteiger partial charge in [-0.1, -0.05) is 19.1 Å². The summed E-state index contributed by atoms with van der Waals surface area (Å²) in [5, 5.41) is 12.0. The number of rotatable bonds is 9. The first-order valence-corrected chi connectivity index (χ1v) is 8.82. The molecule has 7 heteroatoms. The first-order valence-electron chi connectivity index (χ1n) is 8.82. The van der Waals surface area contributed by atoms with Crippen molar-refractivity contribution in [1.29, 1.82) is 0 Å². The molecule has 0 fully saturated rings. The Balaban J connectivity index is 2.19. The van der Waals surface area contributed by atoms with E-state index in [1.807, 2.05) is 0 Å². The van der Waals surface area contributed by atoms with E-state index in [1.54, 1.807) is 37.3 Å². The SMILES string of the molecule is COc1ccc(C(CC(=O)O)NC(=O)C(C)Cc2cccc(F)c2)c(OC)c1. The molecule has 0 saturated carbocycles. The van der Waals surface area contributed by atoms with Crippen LogP contribution in [0.1, 0.15) is 30.5 Å². The van der Waals surface area contributed by atoms with Gasteiger partial charge < -0.3 is 19.9 Å². The largest absolute Gasteiger partial charge is 0.497 e. The highest BCUT2D eigenvalue weighted by Gasteiger charge is 2.24. The van der Waals surface area contributed by atoms with Crippen molar-refractivity contribution in [3.8, 4) is 11.5 Å². The second kappa shape index (κ2) is 9.73. The molecule has 2 rings (SSSR count). The zero-order valence-corrected chi connectivity index (χ0v) is 16.1. The summed E-state index contributed by atoms with van der Waals surface area (Å²) >= 11 is 0. The number of halogens is 1. The standard InChI is InChI=1S/C21H24FNO5/c1-13(9-14-5-4-6-15(22)10-14)21(26)23-18(12-20(24)25)17-8-7-16(27-2)11-19(17)28-3/h4-8,10-11,13,18H,9,12H2,1-3H3,(H,23,26)(H,24,25). The number of benzene rings is 2. The first kappa shape index (κ1) is 21.2. The average Bonchev–Trinajstić information content (AvgIpc) is 2.66. The topological polar surface area (TPSA) is 84.9 Å². The van der Waals surface area contributed by atoms with Crippen LogP contribution in [0, 0.1) is 11.7 Å². The van der Waals surface area contributed by atoms with E-state index in [0.29, 0.717) is 29.0 Å². The fraction of sp³-hybridized carbons (Fsp3) is 0.333. The van der Waals surface area contributed by atoms with E-state index in [1.165, 1.54) is 26.4 Å². The number of aliphatic carboxylic acids is 1. The van der Waals surface area contributed by atoms with Crippen LogP contribution < -0.4 is 14.8 Å². The Kier molecular flexibility index (Phi) is 7.37. The summed E-state index contributed by atoms with van der Waals surface area (Å²) in [5.74, 6) is -1.24. The van der Waals surface area contributed by atoms with Gasteiger partial charge in [-0.25, -0.2) is 4.39 Å². The summed E-state index contributed by atoms with van der Waals surface area (Å²) in [7, 11) is 2.98. The third kappa shape index (κ3) is 5.70.